The van der Waals surface area contributed by atoms with E-state index in [0.29, 0.717) is 12.8 Å². The highest BCUT2D eigenvalue weighted by Crippen LogP contribution is 2.55. The summed E-state index contributed by atoms with van der Waals surface area (Å²) in [5, 5.41) is 20.7. The van der Waals surface area contributed by atoms with E-state index in [1.807, 2.05) is 64.1 Å². The van der Waals surface area contributed by atoms with E-state index in [2.05, 4.69) is 41.8 Å². The van der Waals surface area contributed by atoms with Gasteiger partial charge < -0.3 is 52.8 Å². The molecule has 4 saturated heterocycles. The first-order valence-corrected chi connectivity index (χ1v) is 19.9. The van der Waals surface area contributed by atoms with Crippen LogP contribution in [0, 0.1) is 0 Å². The molecule has 2 aromatic heterocycles. The number of ether oxygens (including phenoxy) is 9. The molecule has 56 heavy (non-hydrogen) atoms. The molecule has 6 heterocycles. The summed E-state index contributed by atoms with van der Waals surface area (Å²) >= 11 is 6.77. The van der Waals surface area contributed by atoms with Crippen molar-refractivity contribution < 1.29 is 52.8 Å². The molecule has 2 saturated carbocycles. The Labute approximate surface area is 343 Å². The van der Waals surface area contributed by atoms with E-state index in [9.17, 15) is 5.11 Å². The summed E-state index contributed by atoms with van der Waals surface area (Å²) in [6.45, 7) is 7.64. The molecule has 6 atom stereocenters. The quantitative estimate of drug-likeness (QED) is 0.208. The van der Waals surface area contributed by atoms with E-state index in [1.54, 1.807) is 38.7 Å². The fraction of sp³-hybridized carbons (Fsp3) is 0.561. The van der Waals surface area contributed by atoms with Gasteiger partial charge in [0.2, 0.25) is 0 Å². The van der Waals surface area contributed by atoms with Gasteiger partial charge in [-0.2, -0.15) is 0 Å². The number of aromatic nitrogens is 2. The Kier molecular flexibility index (Phi) is 11.6. The topological polar surface area (TPSA) is 149 Å². The van der Waals surface area contributed by atoms with Crippen LogP contribution in [0.5, 0.6) is 11.5 Å². The molecule has 2 N–H and O–H groups in total. The van der Waals surface area contributed by atoms with E-state index < -0.39 is 29.1 Å². The summed E-state index contributed by atoms with van der Waals surface area (Å²) in [6.07, 6.45) is 4.55. The first-order valence-electron chi connectivity index (χ1n) is 18.4. The Bertz CT molecular complexity index is 2000. The van der Waals surface area contributed by atoms with E-state index in [0.717, 1.165) is 49.3 Å². The lowest BCUT2D eigenvalue weighted by atomic mass is 9.73. The zero-order chi connectivity index (χ0) is 38.9. The van der Waals surface area contributed by atoms with Gasteiger partial charge in [-0.05, 0) is 96.0 Å². The van der Waals surface area contributed by atoms with Gasteiger partial charge in [0.25, 0.3) is 0 Å². The standard InChI is InChI=1S/C20H22BrNO5.C11H18O5.C9H6BrNO.CH4/c1-19(2)25-16-17(26-19)20(27-18(16)23-3)8-14(9-20)24-13-5-4-11-6-12(21)10-22-15(11)7-13;1-10(2)14-7-8(15-10)11(4-6(12)5-11)16-9(7)13-3;10-7-3-6-1-2-8(12)4-9(6)11-5-7;/h4-7,10,14,16-18H,8-9H2,1-3H3;6-9,12H,4-5H2,1-3H3;1-5,12H;1H4/t14?,16-,17+,18-,20?;6?,7-,8+,9-,11?;;/m11../s1. The fourth-order valence-corrected chi connectivity index (χ4v) is 9.20. The molecule has 10 rings (SSSR count). The number of phenols is 1. The number of hydrogen-bond acceptors (Lipinski definition) is 13. The number of methoxy groups -OCH3 is 2. The second kappa shape index (κ2) is 15.6. The number of halogens is 2. The van der Waals surface area contributed by atoms with Gasteiger partial charge >= 0.3 is 0 Å². The van der Waals surface area contributed by atoms with Gasteiger partial charge in [0.05, 0.1) is 17.1 Å². The number of aliphatic hydroxyl groups is 1. The fourth-order valence-electron chi connectivity index (χ4n) is 8.50. The minimum atomic E-state index is -0.618. The highest BCUT2D eigenvalue weighted by atomic mass is 79.9. The third-order valence-electron chi connectivity index (χ3n) is 10.9. The van der Waals surface area contributed by atoms with Crippen LogP contribution in [0.2, 0.25) is 0 Å². The van der Waals surface area contributed by atoms with Crippen LogP contribution in [0.4, 0.5) is 0 Å². The predicted octanol–water partition coefficient (Wildman–Crippen LogP) is 7.54. The van der Waals surface area contributed by atoms with Crippen LogP contribution in [0.1, 0.15) is 60.8 Å². The minimum Gasteiger partial charge on any atom is -0.508 e. The molecule has 13 nitrogen and oxygen atoms in total. The highest BCUT2D eigenvalue weighted by molar-refractivity contribution is 9.10. The molecule has 304 valence electrons. The zero-order valence-electron chi connectivity index (χ0n) is 31.4. The molecule has 4 aliphatic heterocycles. The van der Waals surface area contributed by atoms with Gasteiger partial charge in [0.15, 0.2) is 24.2 Å². The number of fused-ring (bicyclic) bond motifs is 6. The summed E-state index contributed by atoms with van der Waals surface area (Å²) in [7, 11) is 3.24. The molecule has 6 fully saturated rings. The molecule has 0 amide bonds. The Morgan fingerprint density at radius 2 is 1.14 bits per heavy atom. The van der Waals surface area contributed by atoms with Crippen LogP contribution < -0.4 is 4.74 Å². The average molecular weight is 907 g/mol. The molecule has 0 radical (unpaired) electrons. The van der Waals surface area contributed by atoms with E-state index >= 15 is 0 Å². The molecule has 0 bridgehead atoms. The van der Waals surface area contributed by atoms with Crippen molar-refractivity contribution in [1.82, 2.24) is 9.97 Å². The number of hydrogen-bond donors (Lipinski definition) is 2. The summed E-state index contributed by atoms with van der Waals surface area (Å²) in [4.78, 5) is 8.57. The monoisotopic (exact) mass is 904 g/mol. The Morgan fingerprint density at radius 3 is 1.64 bits per heavy atom. The molecular weight excluding hydrogens is 856 g/mol. The van der Waals surface area contributed by atoms with Crippen LogP contribution in [-0.4, -0.2) is 106 Å². The van der Waals surface area contributed by atoms with Crippen LogP contribution in [0.3, 0.4) is 0 Å². The largest absolute Gasteiger partial charge is 0.508 e. The van der Waals surface area contributed by atoms with Gasteiger partial charge in [-0.3, -0.25) is 9.97 Å². The Morgan fingerprint density at radius 1 is 0.661 bits per heavy atom. The minimum absolute atomic E-state index is 0. The zero-order valence-corrected chi connectivity index (χ0v) is 34.6. The van der Waals surface area contributed by atoms with Crippen molar-refractivity contribution in [2.45, 2.75) is 133 Å². The molecule has 15 heteroatoms. The van der Waals surface area contributed by atoms with Crippen molar-refractivity contribution in [2.24, 2.45) is 0 Å². The molecule has 0 unspecified atom stereocenters. The van der Waals surface area contributed by atoms with Gasteiger partial charge in [-0.25, -0.2) is 0 Å². The van der Waals surface area contributed by atoms with E-state index in [1.165, 1.54) is 0 Å². The average Bonchev–Trinajstić information content (AvgIpc) is 3.79. The number of phenolic OH excluding ortho intramolecular Hbond substituents is 1. The van der Waals surface area contributed by atoms with Crippen molar-refractivity contribution >= 4 is 53.7 Å². The number of benzene rings is 2. The van der Waals surface area contributed by atoms with Crippen molar-refractivity contribution in [3.63, 3.8) is 0 Å². The number of aliphatic hydroxyl groups excluding tert-OH is 1. The Hall–Kier alpha value is -2.54. The number of aromatic hydroxyl groups is 1. The first kappa shape index (κ1) is 41.6. The van der Waals surface area contributed by atoms with Crippen LogP contribution >= 0.6 is 31.9 Å². The van der Waals surface area contributed by atoms with Gasteiger partial charge in [0, 0.05) is 84.1 Å². The van der Waals surface area contributed by atoms with E-state index in [-0.39, 0.29) is 56.1 Å². The molecule has 2 aliphatic carbocycles. The number of pyridine rings is 2. The maximum atomic E-state index is 9.47. The van der Waals surface area contributed by atoms with E-state index in [4.69, 9.17) is 47.7 Å². The number of nitrogens with zero attached hydrogens (tertiary/aromatic N) is 2. The van der Waals surface area contributed by atoms with Crippen molar-refractivity contribution in [2.75, 3.05) is 14.2 Å². The smallest absolute Gasteiger partial charge is 0.186 e. The molecule has 4 aromatic rings. The van der Waals surface area contributed by atoms with Crippen molar-refractivity contribution in [1.29, 1.82) is 0 Å². The van der Waals surface area contributed by atoms with Crippen LogP contribution in [0.25, 0.3) is 21.8 Å². The first-order chi connectivity index (χ1) is 26.1. The van der Waals surface area contributed by atoms with Gasteiger partial charge in [0.1, 0.15) is 53.2 Å². The normalized spacial score (nSPS) is 35.4. The lowest BCUT2D eigenvalue weighted by Gasteiger charge is -2.46. The summed E-state index contributed by atoms with van der Waals surface area (Å²) in [5.74, 6) is -0.146. The van der Waals surface area contributed by atoms with Crippen molar-refractivity contribution in [3.8, 4) is 11.5 Å². The third-order valence-corrected chi connectivity index (χ3v) is 11.7. The molecular formula is C41H50Br2N2O11. The molecule has 2 aromatic carbocycles. The maximum absolute atomic E-state index is 9.47. The van der Waals surface area contributed by atoms with Gasteiger partial charge in [-0.15, -0.1) is 0 Å². The van der Waals surface area contributed by atoms with Crippen LogP contribution in [-0.2, 0) is 37.9 Å². The SMILES string of the molecule is C.CO[C@@H]1OC2(CC(O)C2)[C@H]2OC(C)(C)O[C@@H]12.CO[C@@H]1OC2(CC(Oc3ccc4cc(Br)cnc4c3)C2)[C@H]2OC(C)(C)O[C@@H]12.Oc1ccc2cc(Br)cnc2c1. The number of rotatable bonds is 4. The maximum Gasteiger partial charge on any atom is 0.186 e. The second-order valence-corrected chi connectivity index (χ2v) is 17.7. The summed E-state index contributed by atoms with van der Waals surface area (Å²) in [6, 6.07) is 15.1. The molecule has 2 spiro atoms. The lowest BCUT2D eigenvalue weighted by Crippen LogP contribution is -2.57. The second-order valence-electron chi connectivity index (χ2n) is 15.9. The van der Waals surface area contributed by atoms with Crippen LogP contribution in [0.15, 0.2) is 69.9 Å². The van der Waals surface area contributed by atoms with Crippen molar-refractivity contribution in [3.05, 3.63) is 69.9 Å². The highest BCUT2D eigenvalue weighted by Gasteiger charge is 2.68. The Balaban J connectivity index is 0.000000141. The predicted molar refractivity (Wildman–Crippen MR) is 213 cm³/mol. The lowest BCUT2D eigenvalue weighted by molar-refractivity contribution is -0.277. The third kappa shape index (κ3) is 8.07. The summed E-state index contributed by atoms with van der Waals surface area (Å²) < 4.78 is 54.6. The summed E-state index contributed by atoms with van der Waals surface area (Å²) in [5.41, 5.74) is 0.913. The van der Waals surface area contributed by atoms with Gasteiger partial charge in [-0.1, -0.05) is 7.43 Å². The molecule has 6 aliphatic rings.